The largest absolute Gasteiger partial charge is 0.436 e. The molecule has 0 amide bonds. The molecule has 0 atom stereocenters. The maximum absolute atomic E-state index is 13.3. The van der Waals surface area contributed by atoms with E-state index in [1.807, 2.05) is 0 Å². The summed E-state index contributed by atoms with van der Waals surface area (Å²) < 4.78 is 12.8. The van der Waals surface area contributed by atoms with Crippen LogP contribution in [0.3, 0.4) is 0 Å². The molecule has 4 rings (SSSR count). The van der Waals surface area contributed by atoms with Gasteiger partial charge in [-0.15, -0.1) is 0 Å². The van der Waals surface area contributed by atoms with E-state index in [0.717, 1.165) is 10.1 Å². The summed E-state index contributed by atoms with van der Waals surface area (Å²) in [6, 6.07) is 15.2. The SMILES string of the molecule is Cc1cc(Oc2ccc(/N=c3\[nH]c(=O)n(CC(CO)CO)c(=O)n3Cc3ccc(Cl)cc3)cc2)no1. The fourth-order valence-electron chi connectivity index (χ4n) is 3.37. The molecule has 2 aromatic carbocycles. The number of aromatic nitrogens is 4. The first-order valence-corrected chi connectivity index (χ1v) is 11.4. The van der Waals surface area contributed by atoms with Gasteiger partial charge in [0, 0.05) is 36.8 Å². The Morgan fingerprint density at radius 3 is 2.39 bits per heavy atom. The van der Waals surface area contributed by atoms with Crippen molar-refractivity contribution >= 4 is 17.3 Å². The van der Waals surface area contributed by atoms with Crippen LogP contribution in [-0.4, -0.2) is 42.7 Å². The van der Waals surface area contributed by atoms with Gasteiger partial charge in [-0.05, 0) is 54.0 Å². The lowest BCUT2D eigenvalue weighted by atomic mass is 10.2. The van der Waals surface area contributed by atoms with E-state index in [9.17, 15) is 19.8 Å². The molecule has 0 spiro atoms. The molecule has 11 nitrogen and oxygen atoms in total. The monoisotopic (exact) mass is 513 g/mol. The highest BCUT2D eigenvalue weighted by atomic mass is 35.5. The first-order chi connectivity index (χ1) is 17.4. The number of hydrogen-bond acceptors (Lipinski definition) is 8. The van der Waals surface area contributed by atoms with E-state index >= 15 is 0 Å². The maximum Gasteiger partial charge on any atom is 0.335 e. The lowest BCUT2D eigenvalue weighted by Gasteiger charge is -2.15. The minimum absolute atomic E-state index is 0.0292. The van der Waals surface area contributed by atoms with Gasteiger partial charge in [0.15, 0.2) is 0 Å². The number of aryl methyl sites for hydroxylation is 1. The molecule has 0 unspecified atom stereocenters. The van der Waals surface area contributed by atoms with Gasteiger partial charge in [0.05, 0.1) is 12.2 Å². The molecule has 2 heterocycles. The number of H-pyrrole nitrogens is 1. The summed E-state index contributed by atoms with van der Waals surface area (Å²) in [6.45, 7) is 0.933. The van der Waals surface area contributed by atoms with Gasteiger partial charge >= 0.3 is 11.4 Å². The minimum atomic E-state index is -0.709. The Morgan fingerprint density at radius 1 is 1.08 bits per heavy atom. The second-order valence-electron chi connectivity index (χ2n) is 8.07. The number of aromatic amines is 1. The summed E-state index contributed by atoms with van der Waals surface area (Å²) in [4.78, 5) is 33.2. The zero-order chi connectivity index (χ0) is 25.7. The van der Waals surface area contributed by atoms with Crippen molar-refractivity contribution in [2.75, 3.05) is 13.2 Å². The van der Waals surface area contributed by atoms with Crippen LogP contribution in [0.15, 0.2) is 73.7 Å². The Morgan fingerprint density at radius 2 is 1.78 bits per heavy atom. The molecule has 36 heavy (non-hydrogen) atoms. The third kappa shape index (κ3) is 6.00. The van der Waals surface area contributed by atoms with Crippen LogP contribution in [0.5, 0.6) is 11.6 Å². The Balaban J connectivity index is 1.74. The van der Waals surface area contributed by atoms with Gasteiger partial charge in [0.2, 0.25) is 5.62 Å². The highest BCUT2D eigenvalue weighted by Gasteiger charge is 2.15. The van der Waals surface area contributed by atoms with Gasteiger partial charge < -0.3 is 19.5 Å². The molecular weight excluding hydrogens is 490 g/mol. The Hall–Kier alpha value is -3.93. The zero-order valence-corrected chi connectivity index (χ0v) is 20.1. The van der Waals surface area contributed by atoms with Gasteiger partial charge in [-0.2, -0.15) is 0 Å². The summed E-state index contributed by atoms with van der Waals surface area (Å²) in [5.41, 5.74) is -0.106. The summed E-state index contributed by atoms with van der Waals surface area (Å²) in [6.07, 6.45) is 0. The van der Waals surface area contributed by atoms with Crippen LogP contribution in [0, 0.1) is 12.8 Å². The van der Waals surface area contributed by atoms with E-state index in [-0.39, 0.29) is 31.9 Å². The van der Waals surface area contributed by atoms with Crippen LogP contribution < -0.4 is 21.7 Å². The van der Waals surface area contributed by atoms with Crippen LogP contribution in [0.4, 0.5) is 5.69 Å². The summed E-state index contributed by atoms with van der Waals surface area (Å²) in [5, 5.41) is 23.2. The number of rotatable bonds is 9. The molecule has 0 saturated carbocycles. The lowest BCUT2D eigenvalue weighted by Crippen LogP contribution is -2.51. The van der Waals surface area contributed by atoms with Gasteiger partial charge in [-0.3, -0.25) is 9.55 Å². The van der Waals surface area contributed by atoms with Crippen molar-refractivity contribution in [3.05, 3.63) is 97.5 Å². The van der Waals surface area contributed by atoms with Crippen molar-refractivity contribution in [1.82, 2.24) is 19.3 Å². The van der Waals surface area contributed by atoms with Crippen LogP contribution in [-0.2, 0) is 13.1 Å². The first-order valence-electron chi connectivity index (χ1n) is 11.0. The molecule has 0 aliphatic rings. The quantitative estimate of drug-likeness (QED) is 0.310. The molecule has 12 heteroatoms. The average molecular weight is 514 g/mol. The second kappa shape index (κ2) is 11.2. The van der Waals surface area contributed by atoms with Gasteiger partial charge in [-0.25, -0.2) is 19.1 Å². The number of aliphatic hydroxyl groups is 2. The van der Waals surface area contributed by atoms with E-state index in [1.54, 1.807) is 61.5 Å². The predicted octanol–water partition coefficient (Wildman–Crippen LogP) is 1.96. The number of hydrogen-bond donors (Lipinski definition) is 3. The molecule has 0 aliphatic heterocycles. The fourth-order valence-corrected chi connectivity index (χ4v) is 3.50. The van der Waals surface area contributed by atoms with Gasteiger partial charge in [0.25, 0.3) is 5.88 Å². The first kappa shape index (κ1) is 25.2. The highest BCUT2D eigenvalue weighted by Crippen LogP contribution is 2.23. The van der Waals surface area contributed by atoms with E-state index in [4.69, 9.17) is 20.9 Å². The number of ether oxygens (including phenoxy) is 1. The van der Waals surface area contributed by atoms with Crippen molar-refractivity contribution in [3.63, 3.8) is 0 Å². The molecule has 188 valence electrons. The molecule has 4 aromatic rings. The Labute approximate surface area is 209 Å². The maximum atomic E-state index is 13.3. The summed E-state index contributed by atoms with van der Waals surface area (Å²) >= 11 is 5.98. The smallest absolute Gasteiger partial charge is 0.335 e. The van der Waals surface area contributed by atoms with Crippen molar-refractivity contribution in [2.45, 2.75) is 20.0 Å². The molecule has 0 fully saturated rings. The average Bonchev–Trinajstić information content (AvgIpc) is 3.28. The molecule has 3 N–H and O–H groups in total. The van der Waals surface area contributed by atoms with Crippen molar-refractivity contribution in [1.29, 1.82) is 0 Å². The van der Waals surface area contributed by atoms with Crippen molar-refractivity contribution in [2.24, 2.45) is 10.9 Å². The molecule has 0 bridgehead atoms. The number of halogens is 1. The molecule has 0 saturated heterocycles. The molecular formula is C24H24ClN5O6. The number of benzene rings is 2. The second-order valence-corrected chi connectivity index (χ2v) is 8.51. The minimum Gasteiger partial charge on any atom is -0.436 e. The third-order valence-corrected chi connectivity index (χ3v) is 5.54. The number of aliphatic hydroxyl groups excluding tert-OH is 2. The Kier molecular flexibility index (Phi) is 7.84. The van der Waals surface area contributed by atoms with Crippen LogP contribution >= 0.6 is 11.6 Å². The van der Waals surface area contributed by atoms with Crippen molar-refractivity contribution in [3.8, 4) is 11.6 Å². The summed E-state index contributed by atoms with van der Waals surface area (Å²) in [7, 11) is 0. The van der Waals surface area contributed by atoms with E-state index in [2.05, 4.69) is 15.1 Å². The topological polar surface area (TPSA) is 148 Å². The van der Waals surface area contributed by atoms with Crippen molar-refractivity contribution < 1.29 is 19.5 Å². The van der Waals surface area contributed by atoms with Crippen LogP contribution in [0.25, 0.3) is 0 Å². The molecule has 0 radical (unpaired) electrons. The normalized spacial score (nSPS) is 11.9. The van der Waals surface area contributed by atoms with Gasteiger partial charge in [0.1, 0.15) is 11.5 Å². The Bertz CT molecular complexity index is 1500. The summed E-state index contributed by atoms with van der Waals surface area (Å²) in [5.74, 6) is 0.760. The van der Waals surface area contributed by atoms with Crippen LogP contribution in [0.2, 0.25) is 5.02 Å². The number of nitrogens with one attached hydrogen (secondary N) is 1. The lowest BCUT2D eigenvalue weighted by molar-refractivity contribution is 0.134. The van der Waals surface area contributed by atoms with Crippen LogP contribution in [0.1, 0.15) is 11.3 Å². The zero-order valence-electron chi connectivity index (χ0n) is 19.3. The highest BCUT2D eigenvalue weighted by molar-refractivity contribution is 6.30. The predicted molar refractivity (Wildman–Crippen MR) is 131 cm³/mol. The van der Waals surface area contributed by atoms with E-state index in [1.165, 1.54) is 4.57 Å². The fraction of sp³-hybridized carbons (Fsp3) is 0.250. The van der Waals surface area contributed by atoms with Gasteiger partial charge in [-0.1, -0.05) is 23.7 Å². The standard InChI is InChI=1S/C24H24ClN5O6/c1-15-10-21(28-36-15)35-20-8-6-19(7-9-20)26-22-27-23(33)30(12-17(13-31)14-32)24(34)29(22)11-16-2-4-18(25)5-3-16/h2-10,17,31-32H,11-14H2,1H3,(H,26,27,33). The third-order valence-electron chi connectivity index (χ3n) is 5.29. The molecule has 0 aliphatic carbocycles. The van der Waals surface area contributed by atoms with E-state index < -0.39 is 17.3 Å². The van der Waals surface area contributed by atoms with E-state index in [0.29, 0.717) is 28.1 Å². The number of nitrogens with zero attached hydrogens (tertiary/aromatic N) is 4. The molecule has 2 aromatic heterocycles.